The highest BCUT2D eigenvalue weighted by Crippen LogP contribution is 2.39. The number of nitrogens with one attached hydrogen (secondary N) is 2. The van der Waals surface area contributed by atoms with Gasteiger partial charge in [0.05, 0.1) is 6.54 Å². The monoisotopic (exact) mass is 270 g/mol. The molecule has 104 valence electrons. The van der Waals surface area contributed by atoms with E-state index >= 15 is 0 Å². The summed E-state index contributed by atoms with van der Waals surface area (Å²) in [7, 11) is 1.90. The number of hydrogen-bond acceptors (Lipinski definition) is 3. The van der Waals surface area contributed by atoms with E-state index in [1.54, 1.807) is 0 Å². The third-order valence-electron chi connectivity index (χ3n) is 3.46. The van der Waals surface area contributed by atoms with Gasteiger partial charge in [-0.25, -0.2) is 0 Å². The van der Waals surface area contributed by atoms with Crippen molar-refractivity contribution < 1.29 is 4.79 Å². The Balaban J connectivity index is 1.56. The van der Waals surface area contributed by atoms with E-state index in [9.17, 15) is 4.79 Å². The van der Waals surface area contributed by atoms with Crippen molar-refractivity contribution in [2.75, 3.05) is 23.8 Å². The fourth-order valence-corrected chi connectivity index (χ4v) is 2.18. The van der Waals surface area contributed by atoms with Crippen molar-refractivity contribution in [1.82, 2.24) is 10.2 Å². The number of benzene rings is 1. The van der Waals surface area contributed by atoms with Crippen molar-refractivity contribution in [1.29, 1.82) is 0 Å². The summed E-state index contributed by atoms with van der Waals surface area (Å²) in [6.07, 6.45) is 2.43. The third-order valence-corrected chi connectivity index (χ3v) is 3.46. The predicted molar refractivity (Wildman–Crippen MR) is 78.9 cm³/mol. The molecule has 0 radical (unpaired) electrons. The summed E-state index contributed by atoms with van der Waals surface area (Å²) >= 11 is 0. The molecule has 1 fully saturated rings. The molecule has 1 aromatic heterocycles. The van der Waals surface area contributed by atoms with Gasteiger partial charge in [-0.2, -0.15) is 5.10 Å². The number of nitrogens with zero attached hydrogens (tertiary/aromatic N) is 2. The Kier molecular flexibility index (Phi) is 3.41. The Morgan fingerprint density at radius 1 is 1.40 bits per heavy atom. The second-order valence-electron chi connectivity index (χ2n) is 5.22. The molecule has 0 atom stereocenters. The van der Waals surface area contributed by atoms with Crippen LogP contribution in [0.3, 0.4) is 0 Å². The normalized spacial score (nSPS) is 14.1. The first-order valence-electron chi connectivity index (χ1n) is 6.84. The van der Waals surface area contributed by atoms with Crippen LogP contribution in [-0.4, -0.2) is 29.7 Å². The summed E-state index contributed by atoms with van der Waals surface area (Å²) in [5.41, 5.74) is 2.14. The average molecular weight is 270 g/mol. The number of aromatic nitrogens is 2. The predicted octanol–water partition coefficient (Wildman–Crippen LogP) is 2.36. The fraction of sp³-hybridized carbons (Fsp3) is 0.333. The number of rotatable bonds is 5. The minimum Gasteiger partial charge on any atom is -0.365 e. The SMILES string of the molecule is CN(CC(=O)Nc1cc(C2CC2)[nH]n1)c1ccccc1. The quantitative estimate of drug-likeness (QED) is 0.876. The molecule has 1 aliphatic rings. The molecule has 0 bridgehead atoms. The summed E-state index contributed by atoms with van der Waals surface area (Å²) in [5, 5.41) is 9.92. The molecule has 0 spiro atoms. The third kappa shape index (κ3) is 2.99. The molecular weight excluding hydrogens is 252 g/mol. The van der Waals surface area contributed by atoms with E-state index in [4.69, 9.17) is 0 Å². The molecule has 2 N–H and O–H groups in total. The van der Waals surface area contributed by atoms with Crippen molar-refractivity contribution in [3.05, 3.63) is 42.1 Å². The van der Waals surface area contributed by atoms with Gasteiger partial charge in [0.15, 0.2) is 5.82 Å². The molecule has 20 heavy (non-hydrogen) atoms. The molecule has 1 saturated carbocycles. The number of anilines is 2. The van der Waals surface area contributed by atoms with Crippen molar-refractivity contribution in [2.24, 2.45) is 0 Å². The number of amides is 1. The molecule has 0 saturated heterocycles. The Morgan fingerprint density at radius 3 is 2.85 bits per heavy atom. The summed E-state index contributed by atoms with van der Waals surface area (Å²) in [5.74, 6) is 1.16. The Hall–Kier alpha value is -2.30. The number of carbonyl (C=O) groups is 1. The number of para-hydroxylation sites is 1. The average Bonchev–Trinajstić information content (AvgIpc) is 3.20. The van der Waals surface area contributed by atoms with Gasteiger partial charge in [-0.1, -0.05) is 18.2 Å². The molecule has 1 aliphatic carbocycles. The number of hydrogen-bond donors (Lipinski definition) is 2. The van der Waals surface area contributed by atoms with Gasteiger partial charge in [0.1, 0.15) is 0 Å². The minimum absolute atomic E-state index is 0.0646. The zero-order chi connectivity index (χ0) is 13.9. The first-order chi connectivity index (χ1) is 9.72. The van der Waals surface area contributed by atoms with E-state index in [-0.39, 0.29) is 5.91 Å². The van der Waals surface area contributed by atoms with Crippen molar-refractivity contribution in [3.8, 4) is 0 Å². The van der Waals surface area contributed by atoms with Gasteiger partial charge in [0.2, 0.25) is 5.91 Å². The Morgan fingerprint density at radius 2 is 2.15 bits per heavy atom. The minimum atomic E-state index is -0.0646. The maximum absolute atomic E-state index is 12.0. The van der Waals surface area contributed by atoms with Gasteiger partial charge in [0.25, 0.3) is 0 Å². The van der Waals surface area contributed by atoms with E-state index in [0.29, 0.717) is 18.3 Å². The molecule has 5 heteroatoms. The van der Waals surface area contributed by atoms with Gasteiger partial charge < -0.3 is 10.2 Å². The van der Waals surface area contributed by atoms with E-state index in [0.717, 1.165) is 11.4 Å². The van der Waals surface area contributed by atoms with Crippen LogP contribution < -0.4 is 10.2 Å². The van der Waals surface area contributed by atoms with Crippen LogP contribution in [0.5, 0.6) is 0 Å². The fourth-order valence-electron chi connectivity index (χ4n) is 2.18. The molecular formula is C15H18N4O. The molecule has 0 unspecified atom stereocenters. The maximum atomic E-state index is 12.0. The maximum Gasteiger partial charge on any atom is 0.245 e. The van der Waals surface area contributed by atoms with Crippen LogP contribution in [0.15, 0.2) is 36.4 Å². The van der Waals surface area contributed by atoms with Gasteiger partial charge in [-0.05, 0) is 25.0 Å². The zero-order valence-corrected chi connectivity index (χ0v) is 11.5. The lowest BCUT2D eigenvalue weighted by Crippen LogP contribution is -2.30. The molecule has 5 nitrogen and oxygen atoms in total. The lowest BCUT2D eigenvalue weighted by molar-refractivity contribution is -0.114. The van der Waals surface area contributed by atoms with Gasteiger partial charge in [-0.15, -0.1) is 0 Å². The van der Waals surface area contributed by atoms with Crippen LogP contribution in [0, 0.1) is 0 Å². The summed E-state index contributed by atoms with van der Waals surface area (Å²) in [6, 6.07) is 11.8. The smallest absolute Gasteiger partial charge is 0.245 e. The number of carbonyl (C=O) groups excluding carboxylic acids is 1. The van der Waals surface area contributed by atoms with E-state index in [1.165, 1.54) is 12.8 Å². The van der Waals surface area contributed by atoms with Gasteiger partial charge >= 0.3 is 0 Å². The lowest BCUT2D eigenvalue weighted by Gasteiger charge is -2.18. The van der Waals surface area contributed by atoms with Crippen molar-refractivity contribution >= 4 is 17.4 Å². The number of aromatic amines is 1. The van der Waals surface area contributed by atoms with Gasteiger partial charge in [-0.3, -0.25) is 9.89 Å². The number of H-pyrrole nitrogens is 1. The second-order valence-corrected chi connectivity index (χ2v) is 5.22. The molecule has 2 aromatic rings. The highest BCUT2D eigenvalue weighted by atomic mass is 16.2. The summed E-state index contributed by atoms with van der Waals surface area (Å²) in [4.78, 5) is 13.9. The van der Waals surface area contributed by atoms with Gasteiger partial charge in [0, 0.05) is 30.4 Å². The molecule has 1 amide bonds. The first kappa shape index (κ1) is 12.7. The van der Waals surface area contributed by atoms with Crippen molar-refractivity contribution in [3.63, 3.8) is 0 Å². The van der Waals surface area contributed by atoms with Crippen LogP contribution in [0.25, 0.3) is 0 Å². The van der Waals surface area contributed by atoms with Crippen LogP contribution in [0.4, 0.5) is 11.5 Å². The van der Waals surface area contributed by atoms with E-state index < -0.39 is 0 Å². The lowest BCUT2D eigenvalue weighted by atomic mass is 10.3. The summed E-state index contributed by atoms with van der Waals surface area (Å²) in [6.45, 7) is 0.301. The largest absolute Gasteiger partial charge is 0.365 e. The Bertz CT molecular complexity index is 589. The summed E-state index contributed by atoms with van der Waals surface area (Å²) < 4.78 is 0. The van der Waals surface area contributed by atoms with Crippen molar-refractivity contribution in [2.45, 2.75) is 18.8 Å². The molecule has 0 aliphatic heterocycles. The molecule has 1 heterocycles. The first-order valence-corrected chi connectivity index (χ1v) is 6.84. The van der Waals surface area contributed by atoms with Crippen LogP contribution >= 0.6 is 0 Å². The number of likely N-dealkylation sites (N-methyl/N-ethyl adjacent to an activating group) is 1. The topological polar surface area (TPSA) is 61.0 Å². The molecule has 1 aromatic carbocycles. The highest BCUT2D eigenvalue weighted by molar-refractivity contribution is 5.93. The van der Waals surface area contributed by atoms with E-state index in [2.05, 4.69) is 15.5 Å². The van der Waals surface area contributed by atoms with Crippen LogP contribution in [-0.2, 0) is 4.79 Å². The van der Waals surface area contributed by atoms with Crippen LogP contribution in [0.1, 0.15) is 24.5 Å². The zero-order valence-electron chi connectivity index (χ0n) is 11.5. The highest BCUT2D eigenvalue weighted by Gasteiger charge is 2.25. The van der Waals surface area contributed by atoms with E-state index in [1.807, 2.05) is 48.3 Å². The Labute approximate surface area is 118 Å². The van der Waals surface area contributed by atoms with Crippen LogP contribution in [0.2, 0.25) is 0 Å². The second kappa shape index (κ2) is 5.36. The molecule has 3 rings (SSSR count). The standard InChI is InChI=1S/C15H18N4O/c1-19(12-5-3-2-4-6-12)10-15(20)16-14-9-13(17-18-14)11-7-8-11/h2-6,9,11H,7-8,10H2,1H3,(H2,16,17,18,20).